The van der Waals surface area contributed by atoms with E-state index in [1.165, 1.54) is 7.11 Å². The summed E-state index contributed by atoms with van der Waals surface area (Å²) >= 11 is 3.18. The van der Waals surface area contributed by atoms with Gasteiger partial charge in [0.15, 0.2) is 12.2 Å². The standard InChI is InChI=1S/C19H19BrO5/c1-13(2)18(25-19(22)15-8-6-5-7-9-15)16(24-12-14(3)20)10-11-17(21)23-4/h5-9,16,18H,1,3,12H2,2,4H3/t16-,18+/m0/s1. The SMILES string of the molecule is C=C(Br)CO[C@@H](C#CC(=O)OC)[C@H](OC(=O)c1ccccc1)C(=C)C. The molecular weight excluding hydrogens is 388 g/mol. The van der Waals surface area contributed by atoms with Gasteiger partial charge in [-0.05, 0) is 24.6 Å². The van der Waals surface area contributed by atoms with Crippen LogP contribution in [-0.2, 0) is 19.0 Å². The van der Waals surface area contributed by atoms with Gasteiger partial charge in [0, 0.05) is 10.4 Å². The highest BCUT2D eigenvalue weighted by atomic mass is 79.9. The number of halogens is 1. The molecule has 5 nitrogen and oxygen atoms in total. The molecule has 0 saturated carbocycles. The Balaban J connectivity index is 3.02. The first-order valence-corrected chi connectivity index (χ1v) is 8.10. The molecule has 0 aliphatic heterocycles. The Morgan fingerprint density at radius 3 is 2.40 bits per heavy atom. The van der Waals surface area contributed by atoms with Crippen molar-refractivity contribution in [3.8, 4) is 11.8 Å². The number of hydrogen-bond donors (Lipinski definition) is 0. The molecule has 0 fully saturated rings. The fourth-order valence-electron chi connectivity index (χ4n) is 1.74. The highest BCUT2D eigenvalue weighted by Gasteiger charge is 2.26. The molecule has 0 bridgehead atoms. The van der Waals surface area contributed by atoms with Crippen molar-refractivity contribution in [2.75, 3.05) is 13.7 Å². The molecule has 25 heavy (non-hydrogen) atoms. The summed E-state index contributed by atoms with van der Waals surface area (Å²) in [7, 11) is 1.22. The lowest BCUT2D eigenvalue weighted by molar-refractivity contribution is -0.133. The highest BCUT2D eigenvalue weighted by Crippen LogP contribution is 2.16. The number of benzene rings is 1. The third-order valence-corrected chi connectivity index (χ3v) is 3.15. The van der Waals surface area contributed by atoms with Gasteiger partial charge in [0.1, 0.15) is 0 Å². The van der Waals surface area contributed by atoms with Crippen molar-refractivity contribution >= 4 is 27.9 Å². The molecule has 0 aromatic heterocycles. The second-order valence-electron chi connectivity index (χ2n) is 5.05. The van der Waals surface area contributed by atoms with Gasteiger partial charge in [0.05, 0.1) is 19.3 Å². The van der Waals surface area contributed by atoms with E-state index in [0.717, 1.165) is 0 Å². The molecule has 0 spiro atoms. The molecule has 0 radical (unpaired) electrons. The van der Waals surface area contributed by atoms with Gasteiger partial charge in [-0.25, -0.2) is 9.59 Å². The van der Waals surface area contributed by atoms with Gasteiger partial charge in [-0.1, -0.05) is 53.2 Å². The van der Waals surface area contributed by atoms with Crippen LogP contribution < -0.4 is 0 Å². The topological polar surface area (TPSA) is 61.8 Å². The molecule has 132 valence electrons. The third kappa shape index (κ3) is 7.38. The zero-order valence-corrected chi connectivity index (χ0v) is 15.7. The van der Waals surface area contributed by atoms with E-state index >= 15 is 0 Å². The molecule has 6 heteroatoms. The Bertz CT molecular complexity index is 700. The second kappa shape index (κ2) is 10.5. The summed E-state index contributed by atoms with van der Waals surface area (Å²) in [5, 5.41) is 0. The number of carbonyl (C=O) groups is 2. The minimum absolute atomic E-state index is 0.118. The van der Waals surface area contributed by atoms with E-state index in [9.17, 15) is 9.59 Å². The average molecular weight is 407 g/mol. The lowest BCUT2D eigenvalue weighted by atomic mass is 10.1. The number of ether oxygens (including phenoxy) is 3. The molecule has 0 saturated heterocycles. The first kappa shape index (κ1) is 20.7. The Hall–Kier alpha value is -2.36. The maximum absolute atomic E-state index is 12.3. The van der Waals surface area contributed by atoms with Crippen LogP contribution in [0.3, 0.4) is 0 Å². The summed E-state index contributed by atoms with van der Waals surface area (Å²) < 4.78 is 16.2. The Kier molecular flexibility index (Phi) is 8.68. The summed E-state index contributed by atoms with van der Waals surface area (Å²) in [6, 6.07) is 8.52. The largest absolute Gasteiger partial charge is 0.459 e. The molecule has 0 N–H and O–H groups in total. The van der Waals surface area contributed by atoms with Crippen LogP contribution in [0, 0.1) is 11.8 Å². The van der Waals surface area contributed by atoms with Gasteiger partial charge in [0.2, 0.25) is 0 Å². The molecule has 2 atom stereocenters. The van der Waals surface area contributed by atoms with E-state index in [1.807, 2.05) is 0 Å². The number of hydrogen-bond acceptors (Lipinski definition) is 5. The molecule has 1 rings (SSSR count). The van der Waals surface area contributed by atoms with Gasteiger partial charge < -0.3 is 14.2 Å². The maximum atomic E-state index is 12.3. The fraction of sp³-hybridized carbons (Fsp3) is 0.263. The van der Waals surface area contributed by atoms with E-state index in [-0.39, 0.29) is 6.61 Å². The number of methoxy groups -OCH3 is 1. The summed E-state index contributed by atoms with van der Waals surface area (Å²) in [4.78, 5) is 23.6. The highest BCUT2D eigenvalue weighted by molar-refractivity contribution is 9.11. The Morgan fingerprint density at radius 1 is 1.24 bits per heavy atom. The van der Waals surface area contributed by atoms with Crippen LogP contribution >= 0.6 is 15.9 Å². The number of esters is 2. The van der Waals surface area contributed by atoms with Crippen molar-refractivity contribution in [3.05, 3.63) is 59.1 Å². The van der Waals surface area contributed by atoms with Crippen molar-refractivity contribution in [1.29, 1.82) is 0 Å². The summed E-state index contributed by atoms with van der Waals surface area (Å²) in [6.45, 7) is 9.30. The third-order valence-electron chi connectivity index (χ3n) is 2.93. The van der Waals surface area contributed by atoms with Gasteiger partial charge in [-0.2, -0.15) is 0 Å². The summed E-state index contributed by atoms with van der Waals surface area (Å²) in [5.41, 5.74) is 0.909. The minimum Gasteiger partial charge on any atom is -0.459 e. The Morgan fingerprint density at radius 2 is 1.88 bits per heavy atom. The maximum Gasteiger partial charge on any atom is 0.384 e. The molecule has 0 amide bonds. The first-order chi connectivity index (χ1) is 11.8. The monoisotopic (exact) mass is 406 g/mol. The van der Waals surface area contributed by atoms with E-state index < -0.39 is 24.1 Å². The van der Waals surface area contributed by atoms with Gasteiger partial charge in [-0.15, -0.1) is 0 Å². The van der Waals surface area contributed by atoms with Gasteiger partial charge in [-0.3, -0.25) is 0 Å². The predicted molar refractivity (Wildman–Crippen MR) is 98.1 cm³/mol. The smallest absolute Gasteiger partial charge is 0.384 e. The molecular formula is C19H19BrO5. The van der Waals surface area contributed by atoms with E-state index in [4.69, 9.17) is 9.47 Å². The van der Waals surface area contributed by atoms with Gasteiger partial charge >= 0.3 is 11.9 Å². The van der Waals surface area contributed by atoms with Crippen LogP contribution in [0.15, 0.2) is 53.5 Å². The van der Waals surface area contributed by atoms with E-state index in [0.29, 0.717) is 15.6 Å². The van der Waals surface area contributed by atoms with Crippen LogP contribution in [0.1, 0.15) is 17.3 Å². The second-order valence-corrected chi connectivity index (χ2v) is 6.17. The van der Waals surface area contributed by atoms with E-state index in [2.05, 4.69) is 45.7 Å². The van der Waals surface area contributed by atoms with Crippen LogP contribution in [0.4, 0.5) is 0 Å². The molecule has 0 aliphatic carbocycles. The van der Waals surface area contributed by atoms with Crippen molar-refractivity contribution < 1.29 is 23.8 Å². The molecule has 0 aliphatic rings. The molecule has 1 aromatic carbocycles. The zero-order chi connectivity index (χ0) is 18.8. The van der Waals surface area contributed by atoms with Crippen LogP contribution in [-0.4, -0.2) is 37.9 Å². The molecule has 0 heterocycles. The van der Waals surface area contributed by atoms with Crippen molar-refractivity contribution in [3.63, 3.8) is 0 Å². The zero-order valence-electron chi connectivity index (χ0n) is 14.1. The van der Waals surface area contributed by atoms with Crippen LogP contribution in [0.2, 0.25) is 0 Å². The normalized spacial score (nSPS) is 12.1. The summed E-state index contributed by atoms with van der Waals surface area (Å²) in [6.07, 6.45) is -1.77. The molecule has 0 unspecified atom stereocenters. The van der Waals surface area contributed by atoms with Crippen LogP contribution in [0.25, 0.3) is 0 Å². The van der Waals surface area contributed by atoms with Crippen molar-refractivity contribution in [2.24, 2.45) is 0 Å². The lowest BCUT2D eigenvalue weighted by Crippen LogP contribution is -2.34. The van der Waals surface area contributed by atoms with Gasteiger partial charge in [0.25, 0.3) is 0 Å². The minimum atomic E-state index is -0.904. The number of rotatable bonds is 7. The van der Waals surface area contributed by atoms with Crippen molar-refractivity contribution in [2.45, 2.75) is 19.1 Å². The predicted octanol–water partition coefficient (Wildman–Crippen LogP) is 3.26. The fourth-order valence-corrected chi connectivity index (χ4v) is 1.88. The van der Waals surface area contributed by atoms with Crippen molar-refractivity contribution in [1.82, 2.24) is 0 Å². The average Bonchev–Trinajstić information content (AvgIpc) is 2.60. The number of carbonyl (C=O) groups excluding carboxylic acids is 2. The summed E-state index contributed by atoms with van der Waals surface area (Å²) in [5.74, 6) is 3.65. The Labute approximate surface area is 155 Å². The quantitative estimate of drug-likeness (QED) is 0.301. The van der Waals surface area contributed by atoms with Crippen LogP contribution in [0.5, 0.6) is 0 Å². The van der Waals surface area contributed by atoms with E-state index in [1.54, 1.807) is 37.3 Å². The molecule has 1 aromatic rings. The first-order valence-electron chi connectivity index (χ1n) is 7.31. The lowest BCUT2D eigenvalue weighted by Gasteiger charge is -2.24.